The largest absolute Gasteiger partial charge is 0.292 e. The van der Waals surface area contributed by atoms with Crippen molar-refractivity contribution >= 4 is 46.7 Å². The number of carbonyl (C=O) groups excluding carboxylic acids is 3. The molecule has 0 N–H and O–H groups in total. The van der Waals surface area contributed by atoms with Gasteiger partial charge in [0.25, 0.3) is 5.91 Å². The molecule has 0 aliphatic carbocycles. The molecule has 1 atom stereocenters. The number of fused-ring (bicyclic) bond motifs is 1. The molecule has 1 unspecified atom stereocenters. The highest BCUT2D eigenvalue weighted by molar-refractivity contribution is 7.12. The Morgan fingerprint density at radius 3 is 2.87 bits per heavy atom. The second-order valence-electron chi connectivity index (χ2n) is 4.82. The number of anilines is 1. The van der Waals surface area contributed by atoms with E-state index in [9.17, 15) is 14.4 Å². The summed E-state index contributed by atoms with van der Waals surface area (Å²) < 4.78 is 0. The van der Waals surface area contributed by atoms with Crippen LogP contribution in [0.1, 0.15) is 28.2 Å². The molecule has 0 spiro atoms. The average molecular weight is 350 g/mol. The number of aromatic nitrogens is 1. The lowest BCUT2D eigenvalue weighted by Gasteiger charge is -2.27. The van der Waals surface area contributed by atoms with Crippen molar-refractivity contribution in [3.63, 3.8) is 0 Å². The van der Waals surface area contributed by atoms with Gasteiger partial charge in [0.2, 0.25) is 6.41 Å². The van der Waals surface area contributed by atoms with E-state index in [1.807, 2.05) is 0 Å². The molecule has 118 valence electrons. The molecule has 0 saturated heterocycles. The van der Waals surface area contributed by atoms with Gasteiger partial charge < -0.3 is 0 Å². The SMILES string of the molecule is CCN(C=O)N1C(=O)C(C(=O)c2cccs2)c2nc(Cl)ccc21. The van der Waals surface area contributed by atoms with Crippen LogP contribution in [0.15, 0.2) is 29.6 Å². The smallest absolute Gasteiger partial charge is 0.263 e. The molecule has 6 nitrogen and oxygen atoms in total. The second kappa shape index (κ2) is 6.10. The molecule has 0 radical (unpaired) electrons. The number of Topliss-reactive ketones (excluding diaryl/α,β-unsaturated/α-hetero) is 1. The summed E-state index contributed by atoms with van der Waals surface area (Å²) in [5.41, 5.74) is 0.685. The number of thiophene rings is 1. The quantitative estimate of drug-likeness (QED) is 0.360. The molecular formula is C15H12ClN3O3S. The van der Waals surface area contributed by atoms with Crippen molar-refractivity contribution in [1.29, 1.82) is 0 Å². The van der Waals surface area contributed by atoms with E-state index in [4.69, 9.17) is 11.6 Å². The predicted octanol–water partition coefficient (Wildman–Crippen LogP) is 2.50. The van der Waals surface area contributed by atoms with E-state index in [1.54, 1.807) is 30.5 Å². The van der Waals surface area contributed by atoms with Gasteiger partial charge in [-0.2, -0.15) is 0 Å². The van der Waals surface area contributed by atoms with E-state index in [-0.39, 0.29) is 23.2 Å². The second-order valence-corrected chi connectivity index (χ2v) is 6.16. The van der Waals surface area contributed by atoms with Crippen molar-refractivity contribution in [3.05, 3.63) is 45.4 Å². The van der Waals surface area contributed by atoms with Gasteiger partial charge >= 0.3 is 0 Å². The lowest BCUT2D eigenvalue weighted by Crippen LogP contribution is -2.45. The fraction of sp³-hybridized carbons (Fsp3) is 0.200. The van der Waals surface area contributed by atoms with Crippen LogP contribution in [-0.4, -0.2) is 34.6 Å². The van der Waals surface area contributed by atoms with Crippen molar-refractivity contribution in [2.24, 2.45) is 0 Å². The maximum absolute atomic E-state index is 12.8. The Hall–Kier alpha value is -2.25. The third-order valence-corrected chi connectivity index (χ3v) is 4.65. The maximum atomic E-state index is 12.8. The lowest BCUT2D eigenvalue weighted by molar-refractivity contribution is -0.127. The number of ketones is 1. The standard InChI is InChI=1S/C15H12ClN3O3S/c1-2-18(8-20)19-9-5-6-11(16)17-13(9)12(15(19)22)14(21)10-4-3-7-23-10/h3-8,12H,2H2,1H3. The minimum atomic E-state index is -1.09. The summed E-state index contributed by atoms with van der Waals surface area (Å²) >= 11 is 7.18. The van der Waals surface area contributed by atoms with Crippen LogP contribution in [0.3, 0.4) is 0 Å². The normalized spacial score (nSPS) is 16.3. The van der Waals surface area contributed by atoms with Gasteiger partial charge in [-0.3, -0.25) is 14.4 Å². The Bertz CT molecular complexity index is 778. The Morgan fingerprint density at radius 2 is 2.26 bits per heavy atom. The van der Waals surface area contributed by atoms with Crippen LogP contribution in [-0.2, 0) is 9.59 Å². The zero-order valence-corrected chi connectivity index (χ0v) is 13.7. The molecule has 3 rings (SSSR count). The molecule has 2 aromatic heterocycles. The van der Waals surface area contributed by atoms with Gasteiger partial charge in [0.15, 0.2) is 5.78 Å². The molecule has 1 aliphatic rings. The predicted molar refractivity (Wildman–Crippen MR) is 86.6 cm³/mol. The summed E-state index contributed by atoms with van der Waals surface area (Å²) in [5, 5.41) is 4.36. The van der Waals surface area contributed by atoms with E-state index >= 15 is 0 Å². The maximum Gasteiger partial charge on any atom is 0.263 e. The van der Waals surface area contributed by atoms with E-state index in [1.165, 1.54) is 27.4 Å². The fourth-order valence-electron chi connectivity index (χ4n) is 2.52. The number of pyridine rings is 1. The van der Waals surface area contributed by atoms with Gasteiger partial charge in [0.1, 0.15) is 11.1 Å². The average Bonchev–Trinajstić information content (AvgIpc) is 3.15. The first-order valence-corrected chi connectivity index (χ1v) is 8.14. The molecule has 1 aliphatic heterocycles. The fourth-order valence-corrected chi connectivity index (χ4v) is 3.37. The van der Waals surface area contributed by atoms with Crippen LogP contribution < -0.4 is 5.01 Å². The monoisotopic (exact) mass is 349 g/mol. The van der Waals surface area contributed by atoms with Crippen molar-refractivity contribution < 1.29 is 14.4 Å². The van der Waals surface area contributed by atoms with E-state index in [0.717, 1.165) is 0 Å². The minimum absolute atomic E-state index is 0.191. The summed E-state index contributed by atoms with van der Waals surface area (Å²) in [5.74, 6) is -1.93. The number of hydrazine groups is 1. The van der Waals surface area contributed by atoms with Gasteiger partial charge in [-0.05, 0) is 30.5 Å². The van der Waals surface area contributed by atoms with Crippen LogP contribution in [0.5, 0.6) is 0 Å². The molecule has 0 fully saturated rings. The summed E-state index contributed by atoms with van der Waals surface area (Å²) in [6.07, 6.45) is 0.550. The van der Waals surface area contributed by atoms with Gasteiger partial charge in [-0.1, -0.05) is 17.7 Å². The van der Waals surface area contributed by atoms with Gasteiger partial charge in [0, 0.05) is 6.54 Å². The van der Waals surface area contributed by atoms with Crippen molar-refractivity contribution in [1.82, 2.24) is 9.99 Å². The molecule has 2 aromatic rings. The van der Waals surface area contributed by atoms with Crippen LogP contribution in [0.4, 0.5) is 5.69 Å². The van der Waals surface area contributed by atoms with Crippen LogP contribution in [0.25, 0.3) is 0 Å². The first-order valence-electron chi connectivity index (χ1n) is 6.88. The minimum Gasteiger partial charge on any atom is -0.292 e. The number of rotatable bonds is 5. The molecule has 0 bridgehead atoms. The van der Waals surface area contributed by atoms with Gasteiger partial charge in [-0.25, -0.2) is 15.0 Å². The topological polar surface area (TPSA) is 70.6 Å². The van der Waals surface area contributed by atoms with Gasteiger partial charge in [-0.15, -0.1) is 11.3 Å². The molecule has 2 amide bonds. The first kappa shape index (κ1) is 15.6. The number of halogens is 1. The van der Waals surface area contributed by atoms with E-state index < -0.39 is 11.8 Å². The third-order valence-electron chi connectivity index (χ3n) is 3.55. The van der Waals surface area contributed by atoms with Crippen LogP contribution in [0, 0.1) is 0 Å². The first-order chi connectivity index (χ1) is 11.1. The van der Waals surface area contributed by atoms with Crippen LogP contribution >= 0.6 is 22.9 Å². The zero-order chi connectivity index (χ0) is 16.6. The molecule has 3 heterocycles. The highest BCUT2D eigenvalue weighted by Crippen LogP contribution is 2.39. The molecule has 23 heavy (non-hydrogen) atoms. The molecule has 0 saturated carbocycles. The molecular weight excluding hydrogens is 338 g/mol. The summed E-state index contributed by atoms with van der Waals surface area (Å²) in [6, 6.07) is 6.52. The Morgan fingerprint density at radius 1 is 1.48 bits per heavy atom. The number of hydrogen-bond acceptors (Lipinski definition) is 5. The summed E-state index contributed by atoms with van der Waals surface area (Å²) in [7, 11) is 0. The van der Waals surface area contributed by atoms with Crippen molar-refractivity contribution in [2.75, 3.05) is 11.6 Å². The highest BCUT2D eigenvalue weighted by atomic mass is 35.5. The Kier molecular flexibility index (Phi) is 4.14. The Balaban J connectivity index is 2.12. The zero-order valence-electron chi connectivity index (χ0n) is 12.1. The highest BCUT2D eigenvalue weighted by Gasteiger charge is 2.46. The third kappa shape index (κ3) is 2.51. The van der Waals surface area contributed by atoms with Crippen molar-refractivity contribution in [2.45, 2.75) is 12.8 Å². The number of amides is 2. The molecule has 8 heteroatoms. The Labute approximate surface area is 141 Å². The summed E-state index contributed by atoms with van der Waals surface area (Å²) in [4.78, 5) is 41.4. The number of carbonyl (C=O) groups is 3. The van der Waals surface area contributed by atoms with Gasteiger partial charge in [0.05, 0.1) is 16.3 Å². The number of nitrogens with zero attached hydrogens (tertiary/aromatic N) is 3. The molecule has 0 aromatic carbocycles. The van der Waals surface area contributed by atoms with Crippen LogP contribution in [0.2, 0.25) is 5.15 Å². The van der Waals surface area contributed by atoms with E-state index in [2.05, 4.69) is 4.98 Å². The lowest BCUT2D eigenvalue weighted by atomic mass is 10.00. The summed E-state index contributed by atoms with van der Waals surface area (Å²) in [6.45, 7) is 2.02. The number of hydrogen-bond donors (Lipinski definition) is 0. The van der Waals surface area contributed by atoms with E-state index in [0.29, 0.717) is 17.0 Å². The van der Waals surface area contributed by atoms with Crippen molar-refractivity contribution in [3.8, 4) is 0 Å².